The standard InChI is InChI=1S/C13H20BrNO/c1-15(6-2-5-14)13(16)12-10-8-3-4-9(7-8)11(10)12/h8-12H,2-7H2,1H3. The highest BCUT2D eigenvalue weighted by molar-refractivity contribution is 9.09. The van der Waals surface area contributed by atoms with Crippen LogP contribution in [-0.4, -0.2) is 29.7 Å². The summed E-state index contributed by atoms with van der Waals surface area (Å²) in [6.45, 7) is 0.912. The molecule has 0 N–H and O–H groups in total. The molecule has 0 aromatic carbocycles. The van der Waals surface area contributed by atoms with Crippen LogP contribution in [0, 0.1) is 29.6 Å². The quantitative estimate of drug-likeness (QED) is 0.727. The molecule has 0 radical (unpaired) electrons. The molecule has 0 saturated heterocycles. The van der Waals surface area contributed by atoms with Gasteiger partial charge in [-0.05, 0) is 49.4 Å². The van der Waals surface area contributed by atoms with Crippen molar-refractivity contribution in [3.05, 3.63) is 0 Å². The molecule has 3 aliphatic carbocycles. The third-order valence-electron chi connectivity index (χ3n) is 5.02. The van der Waals surface area contributed by atoms with Crippen LogP contribution in [0.3, 0.4) is 0 Å². The second-order valence-electron chi connectivity index (χ2n) is 5.82. The van der Waals surface area contributed by atoms with Crippen LogP contribution in [0.4, 0.5) is 0 Å². The van der Waals surface area contributed by atoms with Gasteiger partial charge >= 0.3 is 0 Å². The zero-order chi connectivity index (χ0) is 11.3. The van der Waals surface area contributed by atoms with Crippen molar-refractivity contribution in [2.75, 3.05) is 18.9 Å². The van der Waals surface area contributed by atoms with E-state index in [0.29, 0.717) is 11.8 Å². The predicted molar refractivity (Wildman–Crippen MR) is 67.3 cm³/mol. The summed E-state index contributed by atoms with van der Waals surface area (Å²) in [7, 11) is 1.97. The van der Waals surface area contributed by atoms with E-state index < -0.39 is 0 Å². The molecule has 0 aromatic rings. The van der Waals surface area contributed by atoms with Crippen molar-refractivity contribution in [1.82, 2.24) is 4.90 Å². The summed E-state index contributed by atoms with van der Waals surface area (Å²) in [4.78, 5) is 14.2. The maximum absolute atomic E-state index is 12.3. The van der Waals surface area contributed by atoms with Crippen LogP contribution in [0.2, 0.25) is 0 Å². The zero-order valence-corrected chi connectivity index (χ0v) is 11.4. The van der Waals surface area contributed by atoms with Gasteiger partial charge in [-0.3, -0.25) is 4.79 Å². The van der Waals surface area contributed by atoms with Crippen molar-refractivity contribution >= 4 is 21.8 Å². The molecule has 3 rings (SSSR count). The van der Waals surface area contributed by atoms with E-state index in [-0.39, 0.29) is 0 Å². The number of hydrogen-bond donors (Lipinski definition) is 0. The monoisotopic (exact) mass is 285 g/mol. The van der Waals surface area contributed by atoms with Crippen LogP contribution in [0.1, 0.15) is 25.7 Å². The van der Waals surface area contributed by atoms with Gasteiger partial charge in [-0.25, -0.2) is 0 Å². The summed E-state index contributed by atoms with van der Waals surface area (Å²) < 4.78 is 0. The van der Waals surface area contributed by atoms with Gasteiger partial charge in [0.15, 0.2) is 0 Å². The number of carbonyl (C=O) groups is 1. The number of hydrogen-bond acceptors (Lipinski definition) is 1. The first-order valence-electron chi connectivity index (χ1n) is 6.55. The van der Waals surface area contributed by atoms with E-state index in [1.54, 1.807) is 0 Å². The molecule has 3 aliphatic rings. The molecular formula is C13H20BrNO. The third kappa shape index (κ3) is 1.54. The molecule has 16 heavy (non-hydrogen) atoms. The number of nitrogens with zero attached hydrogens (tertiary/aromatic N) is 1. The lowest BCUT2D eigenvalue weighted by molar-refractivity contribution is -0.132. The Hall–Kier alpha value is -0.0500. The maximum atomic E-state index is 12.3. The molecule has 3 heteroatoms. The van der Waals surface area contributed by atoms with Crippen molar-refractivity contribution in [3.8, 4) is 0 Å². The summed E-state index contributed by atoms with van der Waals surface area (Å²) in [6.07, 6.45) is 5.31. The van der Waals surface area contributed by atoms with Crippen molar-refractivity contribution in [2.24, 2.45) is 29.6 Å². The fourth-order valence-corrected chi connectivity index (χ4v) is 4.57. The van der Waals surface area contributed by atoms with Crippen LogP contribution in [0.15, 0.2) is 0 Å². The second kappa shape index (κ2) is 4.01. The number of carbonyl (C=O) groups excluding carboxylic acids is 1. The van der Waals surface area contributed by atoms with E-state index in [9.17, 15) is 4.79 Å². The molecule has 2 bridgehead atoms. The minimum absolute atomic E-state index is 0.423. The van der Waals surface area contributed by atoms with E-state index in [1.165, 1.54) is 19.3 Å². The van der Waals surface area contributed by atoms with Gasteiger partial charge in [0, 0.05) is 24.8 Å². The number of alkyl halides is 1. The minimum Gasteiger partial charge on any atom is -0.345 e. The van der Waals surface area contributed by atoms with Crippen molar-refractivity contribution in [1.29, 1.82) is 0 Å². The molecule has 0 heterocycles. The molecule has 3 fully saturated rings. The second-order valence-corrected chi connectivity index (χ2v) is 6.61. The molecule has 4 unspecified atom stereocenters. The summed E-state index contributed by atoms with van der Waals surface area (Å²) in [5.74, 6) is 4.26. The molecule has 0 spiro atoms. The van der Waals surface area contributed by atoms with Gasteiger partial charge in [0.2, 0.25) is 5.91 Å². The van der Waals surface area contributed by atoms with Crippen LogP contribution < -0.4 is 0 Å². The number of amides is 1. The third-order valence-corrected chi connectivity index (χ3v) is 5.58. The Morgan fingerprint density at radius 2 is 1.94 bits per heavy atom. The summed E-state index contributed by atoms with van der Waals surface area (Å²) in [6, 6.07) is 0. The van der Waals surface area contributed by atoms with Gasteiger partial charge in [-0.2, -0.15) is 0 Å². The topological polar surface area (TPSA) is 20.3 Å². The van der Waals surface area contributed by atoms with E-state index in [4.69, 9.17) is 0 Å². The van der Waals surface area contributed by atoms with Gasteiger partial charge < -0.3 is 4.90 Å². The largest absolute Gasteiger partial charge is 0.345 e. The molecule has 90 valence electrons. The fraction of sp³-hybridized carbons (Fsp3) is 0.923. The normalized spacial score (nSPS) is 43.2. The average molecular weight is 286 g/mol. The van der Waals surface area contributed by atoms with Gasteiger partial charge in [0.1, 0.15) is 0 Å². The van der Waals surface area contributed by atoms with Crippen LogP contribution in [0.25, 0.3) is 0 Å². The molecule has 3 saturated carbocycles. The Kier molecular flexibility index (Phi) is 2.77. The van der Waals surface area contributed by atoms with Gasteiger partial charge in [-0.1, -0.05) is 15.9 Å². The van der Waals surface area contributed by atoms with Gasteiger partial charge in [0.05, 0.1) is 0 Å². The van der Waals surface area contributed by atoms with E-state index in [0.717, 1.165) is 42.0 Å². The SMILES string of the molecule is CN(CCCBr)C(=O)C1C2C3CCC(C3)C12. The highest BCUT2D eigenvalue weighted by atomic mass is 79.9. The molecule has 0 aliphatic heterocycles. The average Bonchev–Trinajstić information content (AvgIpc) is 2.73. The van der Waals surface area contributed by atoms with Crippen LogP contribution in [-0.2, 0) is 4.79 Å². The highest BCUT2D eigenvalue weighted by Gasteiger charge is 2.67. The molecular weight excluding hydrogens is 266 g/mol. The summed E-state index contributed by atoms with van der Waals surface area (Å²) in [5.41, 5.74) is 0. The lowest BCUT2D eigenvalue weighted by Crippen LogP contribution is -2.31. The zero-order valence-electron chi connectivity index (χ0n) is 9.86. The Balaban J connectivity index is 1.58. The van der Waals surface area contributed by atoms with Crippen LogP contribution >= 0.6 is 15.9 Å². The van der Waals surface area contributed by atoms with Crippen molar-refractivity contribution < 1.29 is 4.79 Å². The number of fused-ring (bicyclic) bond motifs is 5. The fourth-order valence-electron chi connectivity index (χ4n) is 4.32. The molecule has 1 amide bonds. The first kappa shape index (κ1) is 11.1. The Morgan fingerprint density at radius 1 is 1.31 bits per heavy atom. The maximum Gasteiger partial charge on any atom is 0.226 e. The molecule has 2 nitrogen and oxygen atoms in total. The highest BCUT2D eigenvalue weighted by Crippen LogP contribution is 2.69. The first-order valence-corrected chi connectivity index (χ1v) is 7.67. The Bertz CT molecular complexity index is 290. The summed E-state index contributed by atoms with van der Waals surface area (Å²) in [5, 5.41) is 0.993. The number of rotatable bonds is 4. The van der Waals surface area contributed by atoms with Crippen LogP contribution in [0.5, 0.6) is 0 Å². The summed E-state index contributed by atoms with van der Waals surface area (Å²) >= 11 is 3.42. The lowest BCUT2D eigenvalue weighted by Gasteiger charge is -2.18. The Morgan fingerprint density at radius 3 is 2.50 bits per heavy atom. The smallest absolute Gasteiger partial charge is 0.226 e. The Labute approximate surface area is 106 Å². The van der Waals surface area contributed by atoms with E-state index in [1.807, 2.05) is 11.9 Å². The van der Waals surface area contributed by atoms with E-state index in [2.05, 4.69) is 15.9 Å². The first-order chi connectivity index (χ1) is 7.74. The van der Waals surface area contributed by atoms with Gasteiger partial charge in [-0.15, -0.1) is 0 Å². The number of halogens is 1. The molecule has 4 atom stereocenters. The van der Waals surface area contributed by atoms with Crippen molar-refractivity contribution in [2.45, 2.75) is 25.7 Å². The minimum atomic E-state index is 0.423. The molecule has 0 aromatic heterocycles. The van der Waals surface area contributed by atoms with Crippen molar-refractivity contribution in [3.63, 3.8) is 0 Å². The van der Waals surface area contributed by atoms with Gasteiger partial charge in [0.25, 0.3) is 0 Å². The lowest BCUT2D eigenvalue weighted by atomic mass is 10.0. The predicted octanol–water partition coefficient (Wildman–Crippen LogP) is 2.52. The van der Waals surface area contributed by atoms with E-state index >= 15 is 0 Å².